The van der Waals surface area contributed by atoms with Crippen LogP contribution in [0.15, 0.2) is 24.3 Å². The average molecular weight is 281 g/mol. The number of rotatable bonds is 7. The molecule has 1 aliphatic rings. The maximum atomic E-state index is 6.07. The minimum atomic E-state index is 0.398. The molecule has 0 saturated heterocycles. The van der Waals surface area contributed by atoms with E-state index >= 15 is 0 Å². The Bertz CT molecular complexity index is 403. The highest BCUT2D eigenvalue weighted by Crippen LogP contribution is 2.24. The summed E-state index contributed by atoms with van der Waals surface area (Å²) in [6.45, 7) is 5.67. The molecular formula is C16H25ClN2. The number of nitrogens with zero attached hydrogens (tertiary/aromatic N) is 1. The van der Waals surface area contributed by atoms with E-state index in [0.29, 0.717) is 12.1 Å². The van der Waals surface area contributed by atoms with Crippen LogP contribution in [0.1, 0.15) is 44.7 Å². The van der Waals surface area contributed by atoms with Crippen molar-refractivity contribution in [2.75, 3.05) is 13.6 Å². The molecule has 2 unspecified atom stereocenters. The van der Waals surface area contributed by atoms with Crippen molar-refractivity contribution in [3.63, 3.8) is 0 Å². The highest BCUT2D eigenvalue weighted by Gasteiger charge is 2.21. The molecule has 0 heterocycles. The first-order valence-electron chi connectivity index (χ1n) is 7.28. The second-order valence-corrected chi connectivity index (χ2v) is 6.20. The van der Waals surface area contributed by atoms with Gasteiger partial charge in [0.25, 0.3) is 0 Å². The molecule has 0 aliphatic heterocycles. The van der Waals surface area contributed by atoms with Gasteiger partial charge in [0.15, 0.2) is 0 Å². The Morgan fingerprint density at radius 1 is 1.37 bits per heavy atom. The molecular weight excluding hydrogens is 256 g/mol. The zero-order valence-electron chi connectivity index (χ0n) is 12.2. The van der Waals surface area contributed by atoms with Gasteiger partial charge in [0.1, 0.15) is 0 Å². The van der Waals surface area contributed by atoms with Crippen LogP contribution in [0.5, 0.6) is 0 Å². The second-order valence-electron chi connectivity index (χ2n) is 5.76. The summed E-state index contributed by atoms with van der Waals surface area (Å²) < 4.78 is 0. The molecule has 0 spiro atoms. The Morgan fingerprint density at radius 3 is 2.74 bits per heavy atom. The van der Waals surface area contributed by atoms with Crippen LogP contribution in [-0.2, 0) is 0 Å². The van der Waals surface area contributed by atoms with E-state index in [9.17, 15) is 0 Å². The molecule has 0 radical (unpaired) electrons. The molecule has 19 heavy (non-hydrogen) atoms. The van der Waals surface area contributed by atoms with Crippen molar-refractivity contribution in [2.45, 2.75) is 51.2 Å². The fourth-order valence-corrected chi connectivity index (χ4v) is 2.57. The van der Waals surface area contributed by atoms with E-state index in [-0.39, 0.29) is 0 Å². The largest absolute Gasteiger partial charge is 0.314 e. The summed E-state index contributed by atoms with van der Waals surface area (Å²) in [6, 6.07) is 9.96. The average Bonchev–Trinajstić information content (AvgIpc) is 3.21. The standard InChI is InChI=1S/C16H25ClN2/c1-12(9-10-18-16-7-8-16)19(3)13(2)14-5-4-6-15(17)11-14/h4-6,11-13,16,18H,7-10H2,1-3H3. The molecule has 106 valence electrons. The number of halogens is 1. The highest BCUT2D eigenvalue weighted by atomic mass is 35.5. The summed E-state index contributed by atoms with van der Waals surface area (Å²) in [5.41, 5.74) is 1.29. The third kappa shape index (κ3) is 4.48. The first kappa shape index (κ1) is 14.8. The van der Waals surface area contributed by atoms with Crippen LogP contribution in [-0.4, -0.2) is 30.6 Å². The molecule has 2 nitrogen and oxygen atoms in total. The van der Waals surface area contributed by atoms with Crippen LogP contribution in [0.2, 0.25) is 5.02 Å². The van der Waals surface area contributed by atoms with E-state index in [0.717, 1.165) is 17.6 Å². The van der Waals surface area contributed by atoms with Crippen LogP contribution in [0.3, 0.4) is 0 Å². The van der Waals surface area contributed by atoms with Gasteiger partial charge in [-0.1, -0.05) is 23.7 Å². The Hall–Kier alpha value is -0.570. The van der Waals surface area contributed by atoms with E-state index < -0.39 is 0 Å². The number of benzene rings is 1. The van der Waals surface area contributed by atoms with E-state index in [1.165, 1.54) is 24.8 Å². The van der Waals surface area contributed by atoms with Gasteiger partial charge in [0.2, 0.25) is 0 Å². The lowest BCUT2D eigenvalue weighted by Crippen LogP contribution is -2.34. The topological polar surface area (TPSA) is 15.3 Å². The minimum absolute atomic E-state index is 0.398. The van der Waals surface area contributed by atoms with Crippen LogP contribution >= 0.6 is 11.6 Å². The summed E-state index contributed by atoms with van der Waals surface area (Å²) in [7, 11) is 2.20. The monoisotopic (exact) mass is 280 g/mol. The van der Waals surface area contributed by atoms with Crippen molar-refractivity contribution >= 4 is 11.6 Å². The lowest BCUT2D eigenvalue weighted by atomic mass is 10.0. The summed E-state index contributed by atoms with van der Waals surface area (Å²) in [5, 5.41) is 4.40. The highest BCUT2D eigenvalue weighted by molar-refractivity contribution is 6.30. The van der Waals surface area contributed by atoms with Gasteiger partial charge >= 0.3 is 0 Å². The Kier molecular flexibility index (Phi) is 5.26. The van der Waals surface area contributed by atoms with Crippen molar-refractivity contribution in [1.29, 1.82) is 0 Å². The van der Waals surface area contributed by atoms with Gasteiger partial charge in [-0.3, -0.25) is 4.90 Å². The van der Waals surface area contributed by atoms with Gasteiger partial charge in [-0.05, 0) is 64.4 Å². The summed E-state index contributed by atoms with van der Waals surface area (Å²) >= 11 is 6.07. The zero-order valence-corrected chi connectivity index (χ0v) is 13.0. The van der Waals surface area contributed by atoms with Crippen molar-refractivity contribution in [2.24, 2.45) is 0 Å². The molecule has 1 aromatic rings. The number of hydrogen-bond acceptors (Lipinski definition) is 2. The smallest absolute Gasteiger partial charge is 0.0409 e. The van der Waals surface area contributed by atoms with Crippen LogP contribution in [0.25, 0.3) is 0 Å². The summed E-state index contributed by atoms with van der Waals surface area (Å²) in [4.78, 5) is 2.43. The quantitative estimate of drug-likeness (QED) is 0.816. The second kappa shape index (κ2) is 6.74. The van der Waals surface area contributed by atoms with E-state index in [1.54, 1.807) is 0 Å². The zero-order chi connectivity index (χ0) is 13.8. The van der Waals surface area contributed by atoms with Crippen LogP contribution < -0.4 is 5.32 Å². The van der Waals surface area contributed by atoms with Gasteiger partial charge in [0.05, 0.1) is 0 Å². The van der Waals surface area contributed by atoms with E-state index in [2.05, 4.69) is 43.2 Å². The molecule has 2 rings (SSSR count). The maximum Gasteiger partial charge on any atom is 0.0409 e. The fourth-order valence-electron chi connectivity index (χ4n) is 2.37. The van der Waals surface area contributed by atoms with Crippen molar-refractivity contribution < 1.29 is 0 Å². The third-order valence-electron chi connectivity index (χ3n) is 4.21. The lowest BCUT2D eigenvalue weighted by molar-refractivity contribution is 0.188. The van der Waals surface area contributed by atoms with Crippen molar-refractivity contribution in [3.05, 3.63) is 34.9 Å². The SMILES string of the molecule is CC(CCNC1CC1)N(C)C(C)c1cccc(Cl)c1. The number of hydrogen-bond donors (Lipinski definition) is 1. The van der Waals surface area contributed by atoms with E-state index in [4.69, 9.17) is 11.6 Å². The molecule has 1 aromatic carbocycles. The molecule has 1 aliphatic carbocycles. The molecule has 1 N–H and O–H groups in total. The lowest BCUT2D eigenvalue weighted by Gasteiger charge is -2.31. The fraction of sp³-hybridized carbons (Fsp3) is 0.625. The van der Waals surface area contributed by atoms with Crippen LogP contribution in [0, 0.1) is 0 Å². The molecule has 1 fully saturated rings. The van der Waals surface area contributed by atoms with Gasteiger partial charge in [-0.25, -0.2) is 0 Å². The normalized spacial score (nSPS) is 18.6. The molecule has 3 heteroatoms. The molecule has 2 atom stereocenters. The van der Waals surface area contributed by atoms with Gasteiger partial charge < -0.3 is 5.32 Å². The first-order valence-corrected chi connectivity index (χ1v) is 7.66. The van der Waals surface area contributed by atoms with Crippen molar-refractivity contribution in [3.8, 4) is 0 Å². The van der Waals surface area contributed by atoms with Gasteiger partial charge in [-0.2, -0.15) is 0 Å². The Morgan fingerprint density at radius 2 is 2.11 bits per heavy atom. The maximum absolute atomic E-state index is 6.07. The molecule has 0 amide bonds. The molecule has 0 bridgehead atoms. The van der Waals surface area contributed by atoms with Gasteiger partial charge in [-0.15, -0.1) is 0 Å². The van der Waals surface area contributed by atoms with Crippen molar-refractivity contribution in [1.82, 2.24) is 10.2 Å². The summed E-state index contributed by atoms with van der Waals surface area (Å²) in [5.74, 6) is 0. The molecule has 1 saturated carbocycles. The van der Waals surface area contributed by atoms with Crippen LogP contribution in [0.4, 0.5) is 0 Å². The van der Waals surface area contributed by atoms with Gasteiger partial charge in [0, 0.05) is 23.1 Å². The third-order valence-corrected chi connectivity index (χ3v) is 4.44. The first-order chi connectivity index (χ1) is 9.08. The number of nitrogens with one attached hydrogen (secondary N) is 1. The Labute approximate surface area is 122 Å². The molecule has 0 aromatic heterocycles. The Balaban J connectivity index is 1.84. The van der Waals surface area contributed by atoms with E-state index in [1.807, 2.05) is 12.1 Å². The predicted octanol–water partition coefficient (Wildman–Crippen LogP) is 3.86. The minimum Gasteiger partial charge on any atom is -0.314 e. The predicted molar refractivity (Wildman–Crippen MR) is 82.7 cm³/mol. The summed E-state index contributed by atoms with van der Waals surface area (Å²) in [6.07, 6.45) is 3.92.